The fraction of sp³-hybridized carbons (Fsp3) is 0.409. The van der Waals surface area contributed by atoms with E-state index in [-0.39, 0.29) is 11.9 Å². The Hall–Kier alpha value is -2.47. The minimum absolute atomic E-state index is 0.209. The summed E-state index contributed by atoms with van der Waals surface area (Å²) in [5.74, 6) is 1.23. The Morgan fingerprint density at radius 2 is 2.00 bits per heavy atom. The third-order valence-corrected chi connectivity index (χ3v) is 6.67. The first-order valence-electron chi connectivity index (χ1n) is 10.0. The molecule has 1 aliphatic rings. The van der Waals surface area contributed by atoms with E-state index in [9.17, 15) is 4.79 Å². The van der Waals surface area contributed by atoms with Crippen LogP contribution in [0.25, 0.3) is 10.2 Å². The zero-order chi connectivity index (χ0) is 19.5. The molecule has 1 fully saturated rings. The highest BCUT2D eigenvalue weighted by Crippen LogP contribution is 2.32. The first-order chi connectivity index (χ1) is 13.7. The third kappa shape index (κ3) is 3.74. The van der Waals surface area contributed by atoms with Crippen LogP contribution in [-0.2, 0) is 17.6 Å². The molecule has 2 aromatic heterocycles. The number of aryl methyl sites for hydroxylation is 1. The van der Waals surface area contributed by atoms with Gasteiger partial charge in [-0.25, -0.2) is 9.97 Å². The van der Waals surface area contributed by atoms with Crippen LogP contribution in [0.1, 0.15) is 30.7 Å². The molecule has 3 heterocycles. The lowest BCUT2D eigenvalue weighted by Gasteiger charge is -2.42. The number of carbonyl (C=O) groups is 1. The van der Waals surface area contributed by atoms with Gasteiger partial charge >= 0.3 is 0 Å². The zero-order valence-corrected chi connectivity index (χ0v) is 17.3. The Balaban J connectivity index is 1.52. The van der Waals surface area contributed by atoms with Crippen molar-refractivity contribution in [1.29, 1.82) is 0 Å². The smallest absolute Gasteiger partial charge is 0.227 e. The molecule has 3 aromatic rings. The number of hydrogen-bond donors (Lipinski definition) is 0. The quantitative estimate of drug-likeness (QED) is 0.658. The van der Waals surface area contributed by atoms with Gasteiger partial charge in [0.1, 0.15) is 17.0 Å². The van der Waals surface area contributed by atoms with E-state index in [0.29, 0.717) is 6.42 Å². The van der Waals surface area contributed by atoms with Crippen LogP contribution in [0.4, 0.5) is 5.82 Å². The maximum Gasteiger partial charge on any atom is 0.227 e. The van der Waals surface area contributed by atoms with Gasteiger partial charge in [0.2, 0.25) is 5.91 Å². The van der Waals surface area contributed by atoms with Crippen molar-refractivity contribution < 1.29 is 4.79 Å². The number of hydrogen-bond acceptors (Lipinski definition) is 5. The maximum absolute atomic E-state index is 12.8. The number of benzene rings is 1. The lowest BCUT2D eigenvalue weighted by atomic mass is 10.1. The SMILES string of the molecule is CCc1cc2c(N3CCN(C(=O)Cc4ccccc4)CC3CC)ncnc2s1. The summed E-state index contributed by atoms with van der Waals surface area (Å²) in [4.78, 5) is 28.7. The molecule has 1 aliphatic heterocycles. The molecule has 0 spiro atoms. The number of carbonyl (C=O) groups excluding carboxylic acids is 1. The third-order valence-electron chi connectivity index (χ3n) is 5.48. The van der Waals surface area contributed by atoms with Crippen molar-refractivity contribution in [1.82, 2.24) is 14.9 Å². The monoisotopic (exact) mass is 394 g/mol. The largest absolute Gasteiger partial charge is 0.349 e. The van der Waals surface area contributed by atoms with Gasteiger partial charge in [0.15, 0.2) is 0 Å². The summed E-state index contributed by atoms with van der Waals surface area (Å²) in [6.45, 7) is 6.65. The van der Waals surface area contributed by atoms with Crippen LogP contribution in [0.2, 0.25) is 0 Å². The molecule has 1 saturated heterocycles. The second kappa shape index (κ2) is 8.27. The van der Waals surface area contributed by atoms with E-state index in [4.69, 9.17) is 0 Å². The number of piperazine rings is 1. The summed E-state index contributed by atoms with van der Waals surface area (Å²) in [6.07, 6.45) is 4.14. The van der Waals surface area contributed by atoms with Crippen LogP contribution in [0.3, 0.4) is 0 Å². The predicted octanol–water partition coefficient (Wildman–Crippen LogP) is 3.92. The molecule has 6 heteroatoms. The Bertz CT molecular complexity index is 956. The fourth-order valence-electron chi connectivity index (χ4n) is 3.89. The average molecular weight is 395 g/mol. The molecule has 1 aromatic carbocycles. The van der Waals surface area contributed by atoms with Crippen LogP contribution in [0.15, 0.2) is 42.7 Å². The fourth-order valence-corrected chi connectivity index (χ4v) is 4.82. The molecule has 0 bridgehead atoms. The summed E-state index contributed by atoms with van der Waals surface area (Å²) >= 11 is 1.75. The number of amides is 1. The number of aromatic nitrogens is 2. The lowest BCUT2D eigenvalue weighted by molar-refractivity contribution is -0.131. The molecule has 1 unspecified atom stereocenters. The number of anilines is 1. The molecule has 4 rings (SSSR count). The summed E-state index contributed by atoms with van der Waals surface area (Å²) in [5.41, 5.74) is 1.07. The first-order valence-corrected chi connectivity index (χ1v) is 10.8. The van der Waals surface area contributed by atoms with E-state index < -0.39 is 0 Å². The van der Waals surface area contributed by atoms with Crippen molar-refractivity contribution >= 4 is 33.3 Å². The molecule has 0 N–H and O–H groups in total. The highest BCUT2D eigenvalue weighted by Gasteiger charge is 2.30. The second-order valence-electron chi connectivity index (χ2n) is 7.24. The molecule has 0 saturated carbocycles. The minimum atomic E-state index is 0.209. The van der Waals surface area contributed by atoms with E-state index in [2.05, 4.69) is 34.8 Å². The lowest BCUT2D eigenvalue weighted by Crippen LogP contribution is -2.55. The predicted molar refractivity (Wildman–Crippen MR) is 115 cm³/mol. The average Bonchev–Trinajstić information content (AvgIpc) is 3.17. The van der Waals surface area contributed by atoms with Crippen LogP contribution in [-0.4, -0.2) is 46.5 Å². The van der Waals surface area contributed by atoms with Crippen molar-refractivity contribution in [3.63, 3.8) is 0 Å². The van der Waals surface area contributed by atoms with Crippen LogP contribution < -0.4 is 4.90 Å². The second-order valence-corrected chi connectivity index (χ2v) is 8.36. The van der Waals surface area contributed by atoms with E-state index in [0.717, 1.165) is 54.1 Å². The molecule has 146 valence electrons. The molecular weight excluding hydrogens is 368 g/mol. The van der Waals surface area contributed by atoms with Gasteiger partial charge in [-0.05, 0) is 24.5 Å². The maximum atomic E-state index is 12.8. The van der Waals surface area contributed by atoms with Crippen molar-refractivity contribution in [2.45, 2.75) is 39.2 Å². The Morgan fingerprint density at radius 1 is 1.18 bits per heavy atom. The molecule has 1 amide bonds. The number of rotatable bonds is 5. The number of nitrogens with zero attached hydrogens (tertiary/aromatic N) is 4. The van der Waals surface area contributed by atoms with Crippen molar-refractivity contribution in [3.8, 4) is 0 Å². The standard InChI is InChI=1S/C22H26N4OS/c1-3-17-14-25(20(27)12-16-8-6-5-7-9-16)10-11-26(17)21-19-13-18(4-2)28-22(19)24-15-23-21/h5-9,13,15,17H,3-4,10-12,14H2,1-2H3. The normalized spacial score (nSPS) is 17.3. The van der Waals surface area contributed by atoms with Crippen molar-refractivity contribution in [2.75, 3.05) is 24.5 Å². The van der Waals surface area contributed by atoms with Gasteiger partial charge < -0.3 is 9.80 Å². The van der Waals surface area contributed by atoms with Gasteiger partial charge in [-0.1, -0.05) is 44.2 Å². The van der Waals surface area contributed by atoms with Crippen LogP contribution in [0.5, 0.6) is 0 Å². The minimum Gasteiger partial charge on any atom is -0.349 e. The van der Waals surface area contributed by atoms with Crippen LogP contribution >= 0.6 is 11.3 Å². The molecule has 28 heavy (non-hydrogen) atoms. The van der Waals surface area contributed by atoms with E-state index in [1.807, 2.05) is 35.2 Å². The van der Waals surface area contributed by atoms with Crippen molar-refractivity contribution in [2.24, 2.45) is 0 Å². The Morgan fingerprint density at radius 3 is 2.75 bits per heavy atom. The van der Waals surface area contributed by atoms with Gasteiger partial charge in [-0.2, -0.15) is 0 Å². The highest BCUT2D eigenvalue weighted by atomic mass is 32.1. The topological polar surface area (TPSA) is 49.3 Å². The van der Waals surface area contributed by atoms with Crippen LogP contribution in [0, 0.1) is 0 Å². The molecule has 0 radical (unpaired) electrons. The number of fused-ring (bicyclic) bond motifs is 1. The highest BCUT2D eigenvalue weighted by molar-refractivity contribution is 7.18. The van der Waals surface area contributed by atoms with Gasteiger partial charge in [-0.3, -0.25) is 4.79 Å². The molecular formula is C22H26N4OS. The summed E-state index contributed by atoms with van der Waals surface area (Å²) in [5, 5.41) is 1.15. The van der Waals surface area contributed by atoms with E-state index in [1.54, 1.807) is 17.7 Å². The Kier molecular flexibility index (Phi) is 5.57. The molecule has 0 aliphatic carbocycles. The van der Waals surface area contributed by atoms with Gasteiger partial charge in [0.05, 0.1) is 11.8 Å². The first kappa shape index (κ1) is 18.9. The van der Waals surface area contributed by atoms with Gasteiger partial charge in [-0.15, -0.1) is 11.3 Å². The molecule has 5 nitrogen and oxygen atoms in total. The van der Waals surface area contributed by atoms with Crippen molar-refractivity contribution in [3.05, 3.63) is 53.2 Å². The van der Waals surface area contributed by atoms with E-state index in [1.165, 1.54) is 4.88 Å². The van der Waals surface area contributed by atoms with Gasteiger partial charge in [0.25, 0.3) is 0 Å². The molecule has 1 atom stereocenters. The van der Waals surface area contributed by atoms with Gasteiger partial charge in [0, 0.05) is 30.6 Å². The van der Waals surface area contributed by atoms with E-state index >= 15 is 0 Å². The summed E-state index contributed by atoms with van der Waals surface area (Å²) < 4.78 is 0. The summed E-state index contributed by atoms with van der Waals surface area (Å²) in [7, 11) is 0. The zero-order valence-electron chi connectivity index (χ0n) is 16.5. The summed E-state index contributed by atoms with van der Waals surface area (Å²) in [6, 6.07) is 12.5. The number of thiophene rings is 1. The Labute approximate surface area is 170 Å².